The maximum Gasteiger partial charge on any atom is 0.336 e. The van der Waals surface area contributed by atoms with Gasteiger partial charge in [-0.1, -0.05) is 6.07 Å². The standard InChI is InChI=1S/C27H26N2O5/c1-5-28-21-12-23-19(9-14(21)3)25(17-8-7-16(26(30)31)11-18(17)27(32)33)20-10-15(4)22(29-6-2)13-24(20)34-23/h7-13,28H,5-6H2,1-4H3,(H,30,31)(H,32,33)/p+1. The van der Waals surface area contributed by atoms with E-state index in [-0.39, 0.29) is 11.1 Å². The van der Waals surface area contributed by atoms with Gasteiger partial charge in [-0.2, -0.15) is 0 Å². The molecule has 0 aromatic heterocycles. The normalized spacial score (nSPS) is 11.8. The van der Waals surface area contributed by atoms with Gasteiger partial charge in [0.1, 0.15) is 17.9 Å². The average molecular weight is 460 g/mol. The number of carbonyl (C=O) groups is 2. The first-order chi connectivity index (χ1) is 16.2. The Morgan fingerprint density at radius 1 is 0.941 bits per heavy atom. The monoisotopic (exact) mass is 459 g/mol. The van der Waals surface area contributed by atoms with E-state index in [1.54, 1.807) is 6.07 Å². The number of hydrogen-bond donors (Lipinski definition) is 4. The molecule has 0 spiro atoms. The molecular weight excluding hydrogens is 432 g/mol. The Morgan fingerprint density at radius 2 is 1.71 bits per heavy atom. The van der Waals surface area contributed by atoms with Crippen LogP contribution in [0.1, 0.15) is 45.7 Å². The highest BCUT2D eigenvalue weighted by molar-refractivity contribution is 6.09. The number of fused-ring (bicyclic) bond motifs is 2. The molecule has 4 N–H and O–H groups in total. The summed E-state index contributed by atoms with van der Waals surface area (Å²) in [4.78, 5) is 27.1. The van der Waals surface area contributed by atoms with Crippen molar-refractivity contribution < 1.29 is 29.2 Å². The van der Waals surface area contributed by atoms with Crippen LogP contribution in [-0.4, -0.2) is 35.2 Å². The van der Waals surface area contributed by atoms with Gasteiger partial charge < -0.3 is 19.9 Å². The molecule has 34 heavy (non-hydrogen) atoms. The van der Waals surface area contributed by atoms with Crippen molar-refractivity contribution in [1.29, 1.82) is 0 Å². The molecule has 1 heterocycles. The minimum atomic E-state index is -1.19. The Labute approximate surface area is 196 Å². The van der Waals surface area contributed by atoms with Crippen molar-refractivity contribution in [1.82, 2.24) is 0 Å². The zero-order valence-electron chi connectivity index (χ0n) is 19.6. The molecule has 0 amide bonds. The predicted octanol–water partition coefficient (Wildman–Crippen LogP) is 3.65. The lowest BCUT2D eigenvalue weighted by Gasteiger charge is -2.19. The number of aryl methyl sites for hydroxylation is 2. The Kier molecular flexibility index (Phi) is 6.11. The van der Waals surface area contributed by atoms with Crippen molar-refractivity contribution in [2.45, 2.75) is 27.7 Å². The fourth-order valence-electron chi connectivity index (χ4n) is 4.32. The quantitative estimate of drug-likeness (QED) is 0.327. The summed E-state index contributed by atoms with van der Waals surface area (Å²) in [7, 11) is 0. The molecule has 2 aromatic carbocycles. The van der Waals surface area contributed by atoms with E-state index in [0.29, 0.717) is 22.5 Å². The highest BCUT2D eigenvalue weighted by Crippen LogP contribution is 2.43. The lowest BCUT2D eigenvalue weighted by atomic mass is 9.88. The average Bonchev–Trinajstić information content (AvgIpc) is 2.79. The molecule has 2 aliphatic rings. The maximum absolute atomic E-state index is 12.2. The molecule has 174 valence electrons. The first kappa shape index (κ1) is 23.0. The van der Waals surface area contributed by atoms with Crippen LogP contribution in [0.4, 0.5) is 5.69 Å². The van der Waals surface area contributed by atoms with Crippen LogP contribution in [0, 0.1) is 13.8 Å². The largest absolute Gasteiger partial charge is 0.478 e. The minimum Gasteiger partial charge on any atom is -0.478 e. The predicted molar refractivity (Wildman–Crippen MR) is 130 cm³/mol. The van der Waals surface area contributed by atoms with Crippen LogP contribution in [0.5, 0.6) is 0 Å². The second-order valence-electron chi connectivity index (χ2n) is 8.23. The van der Waals surface area contributed by atoms with Crippen molar-refractivity contribution in [2.24, 2.45) is 0 Å². The number of nitrogens with one attached hydrogen (secondary N) is 2. The molecule has 0 saturated heterocycles. The van der Waals surface area contributed by atoms with E-state index in [1.807, 2.05) is 52.0 Å². The molecule has 0 fully saturated rings. The van der Waals surface area contributed by atoms with Gasteiger partial charge in [-0.15, -0.1) is 0 Å². The fourth-order valence-corrected chi connectivity index (χ4v) is 4.32. The van der Waals surface area contributed by atoms with Crippen LogP contribution >= 0.6 is 0 Å². The molecule has 0 atom stereocenters. The van der Waals surface area contributed by atoms with Crippen molar-refractivity contribution in [2.75, 3.05) is 18.4 Å². The third-order valence-electron chi connectivity index (χ3n) is 5.91. The summed E-state index contributed by atoms with van der Waals surface area (Å²) < 4.78 is 6.33. The van der Waals surface area contributed by atoms with E-state index >= 15 is 0 Å². The molecule has 0 unspecified atom stereocenters. The number of hydrogen-bond acceptors (Lipinski definition) is 4. The summed E-state index contributed by atoms with van der Waals surface area (Å²) in [6.07, 6.45) is 0. The van der Waals surface area contributed by atoms with E-state index in [0.717, 1.165) is 46.2 Å². The molecule has 7 nitrogen and oxygen atoms in total. The molecule has 4 rings (SSSR count). The highest BCUT2D eigenvalue weighted by atomic mass is 16.4. The van der Waals surface area contributed by atoms with Gasteiger partial charge in [0.15, 0.2) is 0 Å². The second-order valence-corrected chi connectivity index (χ2v) is 8.23. The van der Waals surface area contributed by atoms with Crippen LogP contribution in [-0.2, 0) is 0 Å². The van der Waals surface area contributed by atoms with Crippen molar-refractivity contribution in [3.8, 4) is 22.5 Å². The van der Waals surface area contributed by atoms with E-state index in [1.165, 1.54) is 12.1 Å². The maximum atomic E-state index is 12.2. The SMILES string of the molecule is CCNc1cc2oc3cc(=[NH+]CC)c(C)cc-3c(-c3ccc(C(=O)O)cc3C(=O)O)c2cc1C. The van der Waals surface area contributed by atoms with Gasteiger partial charge in [0, 0.05) is 40.4 Å². The van der Waals surface area contributed by atoms with Crippen LogP contribution in [0.2, 0.25) is 0 Å². The highest BCUT2D eigenvalue weighted by Gasteiger charge is 2.24. The van der Waals surface area contributed by atoms with Crippen molar-refractivity contribution in [3.63, 3.8) is 0 Å². The van der Waals surface area contributed by atoms with Gasteiger partial charge in [-0.3, -0.25) is 0 Å². The Balaban J connectivity index is 2.19. The number of anilines is 1. The Bertz CT molecular complexity index is 1480. The van der Waals surface area contributed by atoms with E-state index in [4.69, 9.17) is 4.42 Å². The molecule has 0 saturated carbocycles. The fraction of sp³-hybridized carbons (Fsp3) is 0.222. The van der Waals surface area contributed by atoms with Crippen LogP contribution in [0.15, 0.2) is 46.9 Å². The molecular formula is C27H27N2O5+. The van der Waals surface area contributed by atoms with E-state index in [2.05, 4.69) is 10.3 Å². The van der Waals surface area contributed by atoms with Crippen LogP contribution in [0.3, 0.4) is 0 Å². The summed E-state index contributed by atoms with van der Waals surface area (Å²) in [6.45, 7) is 9.49. The van der Waals surface area contributed by atoms with Crippen LogP contribution < -0.4 is 15.7 Å². The number of rotatable bonds is 6. The summed E-state index contributed by atoms with van der Waals surface area (Å²) in [5.41, 5.74) is 5.26. The zero-order chi connectivity index (χ0) is 24.6. The molecule has 0 bridgehead atoms. The van der Waals surface area contributed by atoms with Crippen molar-refractivity contribution in [3.05, 3.63) is 70.1 Å². The number of carboxylic acid groups (broad SMARTS) is 2. The molecule has 7 heteroatoms. The van der Waals surface area contributed by atoms with Crippen LogP contribution in [0.25, 0.3) is 33.4 Å². The lowest BCUT2D eigenvalue weighted by molar-refractivity contribution is -0.496. The van der Waals surface area contributed by atoms with Gasteiger partial charge in [-0.05, 0) is 63.1 Å². The number of benzene rings is 3. The topological polar surface area (TPSA) is 114 Å². The molecule has 1 aliphatic heterocycles. The van der Waals surface area contributed by atoms with Gasteiger partial charge in [-0.25, -0.2) is 14.6 Å². The zero-order valence-corrected chi connectivity index (χ0v) is 19.6. The van der Waals surface area contributed by atoms with Gasteiger partial charge in [0.05, 0.1) is 17.2 Å². The lowest BCUT2D eigenvalue weighted by Crippen LogP contribution is -2.76. The number of carboxylic acids is 2. The summed E-state index contributed by atoms with van der Waals surface area (Å²) in [6, 6.07) is 12.0. The van der Waals surface area contributed by atoms with Gasteiger partial charge in [0.25, 0.3) is 0 Å². The minimum absolute atomic E-state index is 0.0736. The Hall–Kier alpha value is -4.13. The summed E-state index contributed by atoms with van der Waals surface area (Å²) in [5, 5.41) is 24.4. The Morgan fingerprint density at radius 3 is 2.35 bits per heavy atom. The first-order valence-corrected chi connectivity index (χ1v) is 11.2. The molecule has 0 radical (unpaired) electrons. The third-order valence-corrected chi connectivity index (χ3v) is 5.91. The van der Waals surface area contributed by atoms with E-state index in [9.17, 15) is 19.8 Å². The van der Waals surface area contributed by atoms with E-state index < -0.39 is 11.9 Å². The number of aromatic carboxylic acids is 2. The third kappa shape index (κ3) is 4.01. The first-order valence-electron chi connectivity index (χ1n) is 11.2. The second kappa shape index (κ2) is 9.02. The van der Waals surface area contributed by atoms with Gasteiger partial charge in [0.2, 0.25) is 5.36 Å². The molecule has 2 aromatic rings. The molecule has 1 aliphatic carbocycles. The van der Waals surface area contributed by atoms with Gasteiger partial charge >= 0.3 is 11.9 Å². The summed E-state index contributed by atoms with van der Waals surface area (Å²) in [5.74, 6) is -1.76. The summed E-state index contributed by atoms with van der Waals surface area (Å²) >= 11 is 0. The van der Waals surface area contributed by atoms with Crippen molar-refractivity contribution >= 4 is 28.6 Å². The smallest absolute Gasteiger partial charge is 0.336 e.